The monoisotopic (exact) mass is 1120 g/mol. The Labute approximate surface area is 478 Å². The topological polar surface area (TPSA) is 155 Å². The minimum atomic E-state index is -4.77. The van der Waals surface area contributed by atoms with Crippen LogP contribution in [0.4, 0.5) is 0 Å². The number of phosphoric ester groups is 1. The quantitative estimate of drug-likeness (QED) is 0.0197. The van der Waals surface area contributed by atoms with Gasteiger partial charge in [0.25, 0.3) is 0 Å². The highest BCUT2D eigenvalue weighted by Crippen LogP contribution is 2.43. The average molecular weight is 1120 g/mol. The Morgan fingerprint density at radius 3 is 1.01 bits per heavy atom. The molecule has 0 heterocycles. The van der Waals surface area contributed by atoms with Gasteiger partial charge in [-0.15, -0.1) is 0 Å². The number of esters is 3. The molecule has 0 aromatic heterocycles. The summed E-state index contributed by atoms with van der Waals surface area (Å²) in [5, 5.41) is 9.82. The van der Waals surface area contributed by atoms with E-state index in [-0.39, 0.29) is 25.9 Å². The normalized spacial score (nSPS) is 13.7. The van der Waals surface area contributed by atoms with E-state index in [1.165, 1.54) is 180 Å². The van der Waals surface area contributed by atoms with Crippen LogP contribution in [0.15, 0.2) is 60.8 Å². The predicted molar refractivity (Wildman–Crippen MR) is 325 cm³/mol. The van der Waals surface area contributed by atoms with E-state index in [9.17, 15) is 28.9 Å². The molecule has 2 N–H and O–H groups in total. The minimum absolute atomic E-state index is 0.0535. The number of unbranched alkanes of at least 4 members (excludes halogenated alkanes) is 34. The Kier molecular flexibility index (Phi) is 58.1. The van der Waals surface area contributed by atoms with Gasteiger partial charge < -0.3 is 24.2 Å². The molecule has 11 nitrogen and oxygen atoms in total. The van der Waals surface area contributed by atoms with Crippen LogP contribution in [0, 0.1) is 0 Å². The number of carbonyl (C=O) groups is 3. The third-order valence-electron chi connectivity index (χ3n) is 14.0. The molecule has 78 heavy (non-hydrogen) atoms. The first-order chi connectivity index (χ1) is 38.2. The lowest BCUT2D eigenvalue weighted by molar-refractivity contribution is -0.161. The second-order valence-electron chi connectivity index (χ2n) is 21.6. The number of allylic oxidation sites excluding steroid dienone is 9. The smallest absolute Gasteiger partial charge is 0.462 e. The largest absolute Gasteiger partial charge is 0.472 e. The zero-order chi connectivity index (χ0) is 56.9. The second kappa shape index (κ2) is 60.3. The van der Waals surface area contributed by atoms with E-state index in [4.69, 9.17) is 23.3 Å². The highest BCUT2D eigenvalue weighted by Gasteiger charge is 2.28. The van der Waals surface area contributed by atoms with E-state index >= 15 is 0 Å². The number of hydrogen-bond donors (Lipinski definition) is 2. The Bertz CT molecular complexity index is 1540. The van der Waals surface area contributed by atoms with Gasteiger partial charge in [0.1, 0.15) is 12.7 Å². The van der Waals surface area contributed by atoms with Gasteiger partial charge in [-0.05, 0) is 44.9 Å². The molecule has 0 aliphatic rings. The van der Waals surface area contributed by atoms with E-state index in [1.54, 1.807) is 6.08 Å². The third kappa shape index (κ3) is 57.9. The number of aliphatic hydroxyl groups excluding tert-OH is 1. The van der Waals surface area contributed by atoms with Crippen molar-refractivity contribution in [3.05, 3.63) is 60.8 Å². The molecule has 0 aliphatic heterocycles. The number of aliphatic hydroxyl groups is 1. The molecular weight excluding hydrogens is 1000 g/mol. The van der Waals surface area contributed by atoms with E-state index in [0.717, 1.165) is 64.2 Å². The molecule has 0 aromatic rings. The molecule has 0 spiro atoms. The van der Waals surface area contributed by atoms with E-state index < -0.39 is 57.8 Å². The van der Waals surface area contributed by atoms with Crippen molar-refractivity contribution in [2.24, 2.45) is 0 Å². The van der Waals surface area contributed by atoms with Gasteiger partial charge in [-0.2, -0.15) is 0 Å². The number of phosphoric acid groups is 1. The first-order valence-corrected chi connectivity index (χ1v) is 33.7. The van der Waals surface area contributed by atoms with E-state index in [1.807, 2.05) is 18.2 Å². The summed E-state index contributed by atoms with van der Waals surface area (Å²) < 4.78 is 39.6. The first kappa shape index (κ1) is 75.2. The lowest BCUT2D eigenvalue weighted by Crippen LogP contribution is -2.30. The Morgan fingerprint density at radius 2 is 0.667 bits per heavy atom. The van der Waals surface area contributed by atoms with Crippen LogP contribution in [0.2, 0.25) is 0 Å². The zero-order valence-corrected chi connectivity index (χ0v) is 51.3. The maximum Gasteiger partial charge on any atom is 0.472 e. The lowest BCUT2D eigenvalue weighted by Gasteiger charge is -2.21. The summed E-state index contributed by atoms with van der Waals surface area (Å²) in [5.41, 5.74) is 0. The molecule has 0 rings (SSSR count). The van der Waals surface area contributed by atoms with E-state index in [0.29, 0.717) is 19.3 Å². The Morgan fingerprint density at radius 1 is 0.372 bits per heavy atom. The summed E-state index contributed by atoms with van der Waals surface area (Å²) in [5.74, 6) is -1.58. The fourth-order valence-electron chi connectivity index (χ4n) is 9.14. The summed E-state index contributed by atoms with van der Waals surface area (Å²) >= 11 is 0. The molecule has 0 fully saturated rings. The van der Waals surface area contributed by atoms with Crippen molar-refractivity contribution in [2.45, 2.75) is 315 Å². The predicted octanol–water partition coefficient (Wildman–Crippen LogP) is 19.5. The van der Waals surface area contributed by atoms with Gasteiger partial charge in [0.2, 0.25) is 0 Å². The molecule has 0 saturated carbocycles. The standard InChI is InChI=1S/C66H119O11P/c1-4-7-10-13-16-19-22-25-28-30-31-33-36-39-42-45-48-51-54-57-66(70)77-63(59-73-64(68)55-52-49-46-43-40-37-35-32-29-26-23-20-17-14-11-8-5-2)61-75-78(71,72)74-60-62(58-67)76-65(69)56-53-50-47-44-41-38-34-27-24-21-18-15-12-9-6-3/h9,12,18,21,27,34,41,44,50,53,62-63,67H,4-8,10-11,13-17,19-20,22-26,28-33,35-40,42-43,45-49,51-52,54-61H2,1-3H3,(H,71,72)/b12-9-,21-18-,34-27-,44-41-,53-50-. The van der Waals surface area contributed by atoms with Crippen molar-refractivity contribution in [2.75, 3.05) is 26.4 Å². The van der Waals surface area contributed by atoms with Crippen LogP contribution in [0.1, 0.15) is 303 Å². The molecule has 0 bridgehead atoms. The Hall–Kier alpha value is -2.82. The maximum absolute atomic E-state index is 13.0. The average Bonchev–Trinajstić information content (AvgIpc) is 3.43. The lowest BCUT2D eigenvalue weighted by atomic mass is 10.0. The number of hydrogen-bond acceptors (Lipinski definition) is 10. The van der Waals surface area contributed by atoms with Crippen LogP contribution in [0.3, 0.4) is 0 Å². The molecule has 454 valence electrons. The fourth-order valence-corrected chi connectivity index (χ4v) is 9.93. The summed E-state index contributed by atoms with van der Waals surface area (Å²) in [7, 11) is -4.77. The molecule has 3 unspecified atom stereocenters. The fraction of sp³-hybridized carbons (Fsp3) is 0.803. The van der Waals surface area contributed by atoms with Gasteiger partial charge >= 0.3 is 25.7 Å². The van der Waals surface area contributed by atoms with Gasteiger partial charge in [-0.1, -0.05) is 300 Å². The Balaban J connectivity index is 4.73. The molecular formula is C66H119O11P. The molecule has 12 heteroatoms. The van der Waals surface area contributed by atoms with Gasteiger partial charge in [0.05, 0.1) is 26.2 Å². The minimum Gasteiger partial charge on any atom is -0.462 e. The van der Waals surface area contributed by atoms with Crippen molar-refractivity contribution < 1.29 is 52.2 Å². The number of carbonyl (C=O) groups excluding carboxylic acids is 3. The molecule has 0 radical (unpaired) electrons. The van der Waals surface area contributed by atoms with Crippen molar-refractivity contribution >= 4 is 25.7 Å². The summed E-state index contributed by atoms with van der Waals surface area (Å²) in [6, 6.07) is 0. The van der Waals surface area contributed by atoms with Crippen LogP contribution in [-0.4, -0.2) is 66.5 Å². The van der Waals surface area contributed by atoms with E-state index in [2.05, 4.69) is 57.2 Å². The second-order valence-corrected chi connectivity index (χ2v) is 23.0. The van der Waals surface area contributed by atoms with Gasteiger partial charge in [0.15, 0.2) is 6.10 Å². The number of rotatable bonds is 60. The van der Waals surface area contributed by atoms with Crippen LogP contribution in [0.5, 0.6) is 0 Å². The molecule has 3 atom stereocenters. The van der Waals surface area contributed by atoms with Crippen LogP contribution >= 0.6 is 7.82 Å². The molecule has 0 saturated heterocycles. The van der Waals surface area contributed by atoms with Crippen LogP contribution < -0.4 is 0 Å². The molecule has 0 aromatic carbocycles. The zero-order valence-electron chi connectivity index (χ0n) is 50.4. The van der Waals surface area contributed by atoms with Crippen molar-refractivity contribution in [1.29, 1.82) is 0 Å². The maximum atomic E-state index is 13.0. The van der Waals surface area contributed by atoms with Crippen LogP contribution in [-0.2, 0) is 42.2 Å². The van der Waals surface area contributed by atoms with Crippen molar-refractivity contribution in [3.8, 4) is 0 Å². The van der Waals surface area contributed by atoms with Gasteiger partial charge in [-0.25, -0.2) is 4.57 Å². The third-order valence-corrected chi connectivity index (χ3v) is 14.9. The highest BCUT2D eigenvalue weighted by molar-refractivity contribution is 7.47. The van der Waals surface area contributed by atoms with Crippen molar-refractivity contribution in [1.82, 2.24) is 0 Å². The first-order valence-electron chi connectivity index (χ1n) is 32.2. The van der Waals surface area contributed by atoms with Crippen LogP contribution in [0.25, 0.3) is 0 Å². The summed E-state index contributed by atoms with van der Waals surface area (Å²) in [6.45, 7) is 4.49. The SMILES string of the molecule is CC/C=C\C/C=C\C/C=C\C/C=C\C/C=C\CC(=O)OC(CO)COP(=O)(O)OCC(COC(=O)CCCCCCCCCCCCCCCCCCC)OC(=O)CCCCCCCCCCCCCCCCCCCCC. The highest BCUT2D eigenvalue weighted by atomic mass is 31.2. The molecule has 0 aliphatic carbocycles. The molecule has 0 amide bonds. The van der Waals surface area contributed by atoms with Gasteiger partial charge in [-0.3, -0.25) is 23.4 Å². The number of ether oxygens (including phenoxy) is 3. The van der Waals surface area contributed by atoms with Crippen molar-refractivity contribution in [3.63, 3.8) is 0 Å². The van der Waals surface area contributed by atoms with Gasteiger partial charge in [0, 0.05) is 12.8 Å². The summed E-state index contributed by atoms with van der Waals surface area (Å²) in [4.78, 5) is 48.7. The summed E-state index contributed by atoms with van der Waals surface area (Å²) in [6.07, 6.45) is 67.8.